The monoisotopic (exact) mass is 358 g/mol. The van der Waals surface area contributed by atoms with Crippen LogP contribution in [0.3, 0.4) is 0 Å². The van der Waals surface area contributed by atoms with Crippen LogP contribution in [0, 0.1) is 0 Å². The van der Waals surface area contributed by atoms with Crippen LogP contribution in [-0.2, 0) is 29.1 Å². The Morgan fingerprint density at radius 2 is 2.04 bits per heavy atom. The van der Waals surface area contributed by atoms with Crippen LogP contribution in [0.25, 0.3) is 0 Å². The zero-order chi connectivity index (χ0) is 18.4. The average molecular weight is 358 g/mol. The van der Waals surface area contributed by atoms with Crippen molar-refractivity contribution in [3.05, 3.63) is 47.8 Å². The van der Waals surface area contributed by atoms with Gasteiger partial charge in [-0.05, 0) is 17.7 Å². The highest BCUT2D eigenvalue weighted by atomic mass is 19.4. The molecular weight excluding hydrogens is 341 g/mol. The standard InChI is InChI=1S/C16H17F3N2O4/c1-24-15(23)13(22)8-11-4-2-3-5-14(11)25-9-12-6-7-20-21(12)10-16(17,18)19/h2-7,13,22H,8-10H2,1H3/t13-/m0/s1. The normalized spacial score (nSPS) is 12.7. The van der Waals surface area contributed by atoms with E-state index in [1.807, 2.05) is 0 Å². The number of aromatic nitrogens is 2. The van der Waals surface area contributed by atoms with Crippen LogP contribution in [0.1, 0.15) is 11.3 Å². The molecule has 0 saturated carbocycles. The molecule has 9 heteroatoms. The van der Waals surface area contributed by atoms with E-state index < -0.39 is 24.8 Å². The predicted molar refractivity (Wildman–Crippen MR) is 80.8 cm³/mol. The number of ether oxygens (including phenoxy) is 2. The quantitative estimate of drug-likeness (QED) is 0.768. The predicted octanol–water partition coefficient (Wildman–Crippen LogP) is 2.10. The molecule has 0 spiro atoms. The zero-order valence-electron chi connectivity index (χ0n) is 13.4. The zero-order valence-corrected chi connectivity index (χ0v) is 13.4. The molecule has 1 aromatic heterocycles. The number of alkyl halides is 3. The van der Waals surface area contributed by atoms with Crippen molar-refractivity contribution in [3.63, 3.8) is 0 Å². The first-order valence-electron chi connectivity index (χ1n) is 7.34. The largest absolute Gasteiger partial charge is 0.487 e. The Morgan fingerprint density at radius 3 is 2.72 bits per heavy atom. The van der Waals surface area contributed by atoms with Gasteiger partial charge in [-0.25, -0.2) is 4.79 Å². The lowest BCUT2D eigenvalue weighted by molar-refractivity contribution is -0.150. The second-order valence-electron chi connectivity index (χ2n) is 5.23. The van der Waals surface area contributed by atoms with E-state index >= 15 is 0 Å². The van der Waals surface area contributed by atoms with E-state index in [4.69, 9.17) is 4.74 Å². The molecule has 2 aromatic rings. The van der Waals surface area contributed by atoms with Gasteiger partial charge in [-0.15, -0.1) is 0 Å². The molecule has 0 aliphatic heterocycles. The molecule has 2 rings (SSSR count). The molecule has 1 atom stereocenters. The lowest BCUT2D eigenvalue weighted by atomic mass is 10.1. The van der Waals surface area contributed by atoms with Crippen molar-refractivity contribution in [2.75, 3.05) is 7.11 Å². The van der Waals surface area contributed by atoms with Crippen molar-refractivity contribution < 1.29 is 32.5 Å². The molecule has 0 aliphatic carbocycles. The van der Waals surface area contributed by atoms with E-state index in [2.05, 4.69) is 9.84 Å². The Balaban J connectivity index is 2.07. The smallest absolute Gasteiger partial charge is 0.408 e. The number of methoxy groups -OCH3 is 1. The summed E-state index contributed by atoms with van der Waals surface area (Å²) in [5, 5.41) is 13.4. The van der Waals surface area contributed by atoms with E-state index in [1.165, 1.54) is 12.3 Å². The summed E-state index contributed by atoms with van der Waals surface area (Å²) in [5.41, 5.74) is 0.780. The summed E-state index contributed by atoms with van der Waals surface area (Å²) in [5.74, 6) is -0.428. The number of nitrogens with zero attached hydrogens (tertiary/aromatic N) is 2. The molecule has 0 amide bonds. The fourth-order valence-corrected chi connectivity index (χ4v) is 2.19. The van der Waals surface area contributed by atoms with Crippen molar-refractivity contribution in [1.82, 2.24) is 9.78 Å². The summed E-state index contributed by atoms with van der Waals surface area (Å²) in [6.45, 7) is -1.34. The number of aliphatic hydroxyl groups excluding tert-OH is 1. The molecule has 1 heterocycles. The van der Waals surface area contributed by atoms with E-state index in [-0.39, 0.29) is 18.7 Å². The maximum atomic E-state index is 12.5. The van der Waals surface area contributed by atoms with Crippen LogP contribution >= 0.6 is 0 Å². The summed E-state index contributed by atoms with van der Waals surface area (Å²) in [7, 11) is 1.16. The minimum Gasteiger partial charge on any atom is -0.487 e. The minimum atomic E-state index is -4.39. The molecule has 6 nitrogen and oxygen atoms in total. The first-order valence-corrected chi connectivity index (χ1v) is 7.34. The van der Waals surface area contributed by atoms with Gasteiger partial charge in [0.15, 0.2) is 6.10 Å². The summed E-state index contributed by atoms with van der Waals surface area (Å²) >= 11 is 0. The van der Waals surface area contributed by atoms with Crippen molar-refractivity contribution in [1.29, 1.82) is 0 Å². The second-order valence-corrected chi connectivity index (χ2v) is 5.23. The number of halogens is 3. The molecule has 0 radical (unpaired) electrons. The number of para-hydroxylation sites is 1. The molecule has 0 unspecified atom stereocenters. The number of hydrogen-bond acceptors (Lipinski definition) is 5. The van der Waals surface area contributed by atoms with Gasteiger partial charge in [0.05, 0.1) is 12.8 Å². The van der Waals surface area contributed by atoms with Crippen LogP contribution in [0.4, 0.5) is 13.2 Å². The van der Waals surface area contributed by atoms with Gasteiger partial charge in [-0.3, -0.25) is 4.68 Å². The van der Waals surface area contributed by atoms with Crippen LogP contribution in [0.2, 0.25) is 0 Å². The first kappa shape index (κ1) is 18.8. The van der Waals surface area contributed by atoms with Crippen molar-refractivity contribution in [2.45, 2.75) is 31.9 Å². The molecule has 0 fully saturated rings. The number of carbonyl (C=O) groups is 1. The van der Waals surface area contributed by atoms with Gasteiger partial charge in [0.1, 0.15) is 18.9 Å². The number of carbonyl (C=O) groups excluding carboxylic acids is 1. The third-order valence-electron chi connectivity index (χ3n) is 3.37. The number of benzene rings is 1. The van der Waals surface area contributed by atoms with Crippen molar-refractivity contribution in [3.8, 4) is 5.75 Å². The first-order chi connectivity index (χ1) is 11.8. The van der Waals surface area contributed by atoms with Gasteiger partial charge in [-0.1, -0.05) is 18.2 Å². The molecule has 25 heavy (non-hydrogen) atoms. The Hall–Kier alpha value is -2.55. The molecule has 0 aliphatic rings. The third kappa shape index (κ3) is 5.49. The number of esters is 1. The van der Waals surface area contributed by atoms with Gasteiger partial charge in [0.25, 0.3) is 0 Å². The topological polar surface area (TPSA) is 73.6 Å². The molecular formula is C16H17F3N2O4. The number of aliphatic hydroxyl groups is 1. The van der Waals surface area contributed by atoms with Gasteiger partial charge in [0.2, 0.25) is 0 Å². The summed E-state index contributed by atoms with van der Waals surface area (Å²) in [6, 6.07) is 8.05. The Morgan fingerprint density at radius 1 is 1.32 bits per heavy atom. The molecule has 1 N–H and O–H groups in total. The minimum absolute atomic E-state index is 0.0370. The summed E-state index contributed by atoms with van der Waals surface area (Å²) in [6.07, 6.45) is -4.52. The molecule has 1 aromatic carbocycles. The van der Waals surface area contributed by atoms with Crippen LogP contribution in [-0.4, -0.2) is 40.2 Å². The van der Waals surface area contributed by atoms with E-state index in [0.717, 1.165) is 11.8 Å². The van der Waals surface area contributed by atoms with Gasteiger partial charge in [0, 0.05) is 12.6 Å². The Kier molecular flexibility index (Phi) is 6.02. The van der Waals surface area contributed by atoms with E-state index in [1.54, 1.807) is 24.3 Å². The Labute approximate surface area is 141 Å². The fraction of sp³-hybridized carbons (Fsp3) is 0.375. The fourth-order valence-electron chi connectivity index (χ4n) is 2.19. The summed E-state index contributed by atoms with van der Waals surface area (Å²) in [4.78, 5) is 11.3. The number of rotatable bonds is 7. The summed E-state index contributed by atoms with van der Waals surface area (Å²) < 4.78 is 48.3. The SMILES string of the molecule is COC(=O)[C@@H](O)Cc1ccccc1OCc1ccnn1CC(F)(F)F. The lowest BCUT2D eigenvalue weighted by Crippen LogP contribution is -2.24. The second kappa shape index (κ2) is 8.02. The van der Waals surface area contributed by atoms with Crippen molar-refractivity contribution >= 4 is 5.97 Å². The highest BCUT2D eigenvalue weighted by Gasteiger charge is 2.29. The van der Waals surface area contributed by atoms with Crippen LogP contribution in [0.5, 0.6) is 5.75 Å². The molecule has 0 bridgehead atoms. The highest BCUT2D eigenvalue weighted by molar-refractivity contribution is 5.74. The molecule has 136 valence electrons. The van der Waals surface area contributed by atoms with Crippen LogP contribution < -0.4 is 4.74 Å². The maximum Gasteiger partial charge on any atom is 0.408 e. The Bertz CT molecular complexity index is 715. The van der Waals surface area contributed by atoms with Gasteiger partial charge >= 0.3 is 12.1 Å². The van der Waals surface area contributed by atoms with Gasteiger partial charge < -0.3 is 14.6 Å². The lowest BCUT2D eigenvalue weighted by Gasteiger charge is -2.15. The van der Waals surface area contributed by atoms with E-state index in [9.17, 15) is 23.1 Å². The van der Waals surface area contributed by atoms with E-state index in [0.29, 0.717) is 11.3 Å². The average Bonchev–Trinajstić information content (AvgIpc) is 2.98. The van der Waals surface area contributed by atoms with Crippen LogP contribution in [0.15, 0.2) is 36.5 Å². The number of hydrogen-bond donors (Lipinski definition) is 1. The maximum absolute atomic E-state index is 12.5. The molecule has 0 saturated heterocycles. The van der Waals surface area contributed by atoms with Gasteiger partial charge in [-0.2, -0.15) is 18.3 Å². The third-order valence-corrected chi connectivity index (χ3v) is 3.37. The van der Waals surface area contributed by atoms with Crippen molar-refractivity contribution in [2.24, 2.45) is 0 Å². The highest BCUT2D eigenvalue weighted by Crippen LogP contribution is 2.22.